The van der Waals surface area contributed by atoms with Crippen LogP contribution in [0.3, 0.4) is 0 Å². The molecule has 1 fully saturated rings. The second kappa shape index (κ2) is 7.14. The largest absolute Gasteiger partial charge is 0.296 e. The highest BCUT2D eigenvalue weighted by Crippen LogP contribution is 2.23. The first kappa shape index (κ1) is 17.9. The molecule has 2 aromatic rings. The molecule has 3 rings (SSSR count). The maximum Gasteiger partial charge on any atom is 0.260 e. The van der Waals surface area contributed by atoms with Crippen LogP contribution in [-0.2, 0) is 10.0 Å². The monoisotopic (exact) mass is 384 g/mol. The number of carbonyl (C=O) groups excluding carboxylic acids is 1. The van der Waals surface area contributed by atoms with Crippen LogP contribution in [-0.4, -0.2) is 41.9 Å². The van der Waals surface area contributed by atoms with Gasteiger partial charge in [-0.2, -0.15) is 4.31 Å². The Balaban J connectivity index is 1.88. The lowest BCUT2D eigenvalue weighted by molar-refractivity contribution is 0.102. The van der Waals surface area contributed by atoms with Crippen molar-refractivity contribution in [2.75, 3.05) is 18.4 Å². The third kappa shape index (κ3) is 3.86. The molecule has 1 amide bonds. The van der Waals surface area contributed by atoms with Gasteiger partial charge in [-0.05, 0) is 38.0 Å². The van der Waals surface area contributed by atoms with Gasteiger partial charge in [-0.1, -0.05) is 17.8 Å². The summed E-state index contributed by atoms with van der Waals surface area (Å²) < 4.78 is 40.8. The standard InChI is InChI=1S/C15H17FN4O3S2/c1-10-18-19-15(24-10)17-14(21)12-9-11(5-6-13(12)16)25(22,23)20-7-3-2-4-8-20/h5-6,9H,2-4,7-8H2,1H3,(H,17,19,21). The molecule has 1 aromatic carbocycles. The van der Waals surface area contributed by atoms with Crippen LogP contribution in [0.2, 0.25) is 0 Å². The van der Waals surface area contributed by atoms with Crippen molar-refractivity contribution in [3.8, 4) is 0 Å². The highest BCUT2D eigenvalue weighted by molar-refractivity contribution is 7.89. The Kier molecular flexibility index (Phi) is 5.11. The number of aryl methyl sites for hydroxylation is 1. The number of hydrogen-bond donors (Lipinski definition) is 1. The maximum absolute atomic E-state index is 14.1. The molecule has 0 bridgehead atoms. The fraction of sp³-hybridized carbons (Fsp3) is 0.400. The van der Waals surface area contributed by atoms with Gasteiger partial charge in [0.05, 0.1) is 10.5 Å². The molecule has 0 aliphatic carbocycles. The highest BCUT2D eigenvalue weighted by Gasteiger charge is 2.27. The highest BCUT2D eigenvalue weighted by atomic mass is 32.2. The zero-order valence-corrected chi connectivity index (χ0v) is 15.2. The zero-order chi connectivity index (χ0) is 18.0. The van der Waals surface area contributed by atoms with Crippen molar-refractivity contribution in [1.82, 2.24) is 14.5 Å². The number of piperidine rings is 1. The minimum absolute atomic E-state index is 0.0885. The lowest BCUT2D eigenvalue weighted by Crippen LogP contribution is -2.35. The third-order valence-corrected chi connectivity index (χ3v) is 6.53. The Hall–Kier alpha value is -1.91. The Bertz CT molecular complexity index is 892. The fourth-order valence-electron chi connectivity index (χ4n) is 2.60. The van der Waals surface area contributed by atoms with Crippen LogP contribution in [0, 0.1) is 12.7 Å². The minimum atomic E-state index is -3.74. The molecule has 134 valence electrons. The molecule has 1 aromatic heterocycles. The van der Waals surface area contributed by atoms with Crippen LogP contribution in [0.5, 0.6) is 0 Å². The average molecular weight is 384 g/mol. The van der Waals surface area contributed by atoms with Gasteiger partial charge in [0.15, 0.2) is 0 Å². The van der Waals surface area contributed by atoms with E-state index in [9.17, 15) is 17.6 Å². The Morgan fingerprint density at radius 3 is 2.60 bits per heavy atom. The smallest absolute Gasteiger partial charge is 0.260 e. The predicted octanol–water partition coefficient (Wildman–Crippen LogP) is 2.41. The predicted molar refractivity (Wildman–Crippen MR) is 91.6 cm³/mol. The van der Waals surface area contributed by atoms with E-state index < -0.39 is 21.7 Å². The van der Waals surface area contributed by atoms with Gasteiger partial charge in [0.2, 0.25) is 15.2 Å². The van der Waals surface area contributed by atoms with Crippen LogP contribution in [0.1, 0.15) is 34.6 Å². The molecule has 1 aliphatic heterocycles. The van der Waals surface area contributed by atoms with Crippen LogP contribution in [0.15, 0.2) is 23.1 Å². The first-order valence-electron chi connectivity index (χ1n) is 7.79. The fourth-order valence-corrected chi connectivity index (χ4v) is 4.74. The van der Waals surface area contributed by atoms with E-state index in [2.05, 4.69) is 15.5 Å². The van der Waals surface area contributed by atoms with Crippen LogP contribution in [0.4, 0.5) is 9.52 Å². The zero-order valence-electron chi connectivity index (χ0n) is 13.5. The maximum atomic E-state index is 14.1. The van der Waals surface area contributed by atoms with Crippen molar-refractivity contribution >= 4 is 32.4 Å². The molecule has 1 aliphatic rings. The quantitative estimate of drug-likeness (QED) is 0.874. The number of sulfonamides is 1. The summed E-state index contributed by atoms with van der Waals surface area (Å²) in [5.41, 5.74) is -0.342. The summed E-state index contributed by atoms with van der Waals surface area (Å²) in [6, 6.07) is 3.25. The SMILES string of the molecule is Cc1nnc(NC(=O)c2cc(S(=O)(=O)N3CCCCC3)ccc2F)s1. The summed E-state index contributed by atoms with van der Waals surface area (Å²) >= 11 is 1.15. The van der Waals surface area contributed by atoms with Crippen molar-refractivity contribution in [2.24, 2.45) is 0 Å². The van der Waals surface area contributed by atoms with Gasteiger partial charge in [-0.25, -0.2) is 12.8 Å². The van der Waals surface area contributed by atoms with E-state index in [4.69, 9.17) is 0 Å². The second-order valence-electron chi connectivity index (χ2n) is 5.69. The summed E-state index contributed by atoms with van der Waals surface area (Å²) in [6.07, 6.45) is 2.58. The summed E-state index contributed by atoms with van der Waals surface area (Å²) in [7, 11) is -3.74. The van der Waals surface area contributed by atoms with E-state index in [1.165, 1.54) is 10.4 Å². The third-order valence-electron chi connectivity index (χ3n) is 3.88. The Morgan fingerprint density at radius 2 is 1.96 bits per heavy atom. The van der Waals surface area contributed by atoms with Crippen molar-refractivity contribution in [1.29, 1.82) is 0 Å². The number of carbonyl (C=O) groups is 1. The molecular weight excluding hydrogens is 367 g/mol. The van der Waals surface area contributed by atoms with Crippen molar-refractivity contribution in [3.05, 3.63) is 34.6 Å². The first-order valence-corrected chi connectivity index (χ1v) is 10.0. The van der Waals surface area contributed by atoms with E-state index in [-0.39, 0.29) is 15.6 Å². The topological polar surface area (TPSA) is 92.3 Å². The molecule has 1 N–H and O–H groups in total. The minimum Gasteiger partial charge on any atom is -0.296 e. The molecule has 1 saturated heterocycles. The molecule has 25 heavy (non-hydrogen) atoms. The molecule has 2 heterocycles. The van der Waals surface area contributed by atoms with E-state index in [1.807, 2.05) is 0 Å². The number of rotatable bonds is 4. The normalized spacial score (nSPS) is 15.9. The van der Waals surface area contributed by atoms with Gasteiger partial charge in [0, 0.05) is 13.1 Å². The van der Waals surface area contributed by atoms with Crippen molar-refractivity contribution in [3.63, 3.8) is 0 Å². The first-order chi connectivity index (χ1) is 11.9. The lowest BCUT2D eigenvalue weighted by atomic mass is 10.2. The van der Waals surface area contributed by atoms with E-state index in [1.54, 1.807) is 6.92 Å². The number of hydrogen-bond acceptors (Lipinski definition) is 6. The number of nitrogens with zero attached hydrogens (tertiary/aromatic N) is 3. The molecule has 0 saturated carbocycles. The summed E-state index contributed by atoms with van der Waals surface area (Å²) in [4.78, 5) is 12.2. The number of amides is 1. The number of anilines is 1. The second-order valence-corrected chi connectivity index (χ2v) is 8.81. The average Bonchev–Trinajstić information content (AvgIpc) is 3.00. The van der Waals surface area contributed by atoms with Crippen molar-refractivity contribution < 1.29 is 17.6 Å². The number of halogens is 1. The van der Waals surface area contributed by atoms with Gasteiger partial charge >= 0.3 is 0 Å². The number of nitrogens with one attached hydrogen (secondary N) is 1. The van der Waals surface area contributed by atoms with Gasteiger partial charge in [0.25, 0.3) is 5.91 Å². The molecule has 0 radical (unpaired) electrons. The van der Waals surface area contributed by atoms with Gasteiger partial charge in [-0.3, -0.25) is 10.1 Å². The molecular formula is C15H17FN4O3S2. The lowest BCUT2D eigenvalue weighted by Gasteiger charge is -2.26. The van der Waals surface area contributed by atoms with Gasteiger partial charge in [-0.15, -0.1) is 10.2 Å². The van der Waals surface area contributed by atoms with E-state index in [0.29, 0.717) is 18.1 Å². The summed E-state index contributed by atoms with van der Waals surface area (Å²) in [5, 5.41) is 10.8. The molecule has 0 unspecified atom stereocenters. The van der Waals surface area contributed by atoms with Gasteiger partial charge in [0.1, 0.15) is 10.8 Å². The van der Waals surface area contributed by atoms with Crippen LogP contribution < -0.4 is 5.32 Å². The number of aromatic nitrogens is 2. The molecule has 0 spiro atoms. The summed E-state index contributed by atoms with van der Waals surface area (Å²) in [5.74, 6) is -1.55. The summed E-state index contributed by atoms with van der Waals surface area (Å²) in [6.45, 7) is 2.59. The Morgan fingerprint density at radius 1 is 1.24 bits per heavy atom. The van der Waals surface area contributed by atoms with E-state index >= 15 is 0 Å². The molecule has 0 atom stereocenters. The van der Waals surface area contributed by atoms with Crippen LogP contribution in [0.25, 0.3) is 0 Å². The Labute approximate surface area is 148 Å². The molecule has 7 nitrogen and oxygen atoms in total. The van der Waals surface area contributed by atoms with Crippen molar-refractivity contribution in [2.45, 2.75) is 31.1 Å². The molecule has 10 heteroatoms. The number of benzene rings is 1. The van der Waals surface area contributed by atoms with E-state index in [0.717, 1.165) is 42.7 Å². The van der Waals surface area contributed by atoms with Crippen LogP contribution >= 0.6 is 11.3 Å². The van der Waals surface area contributed by atoms with Gasteiger partial charge < -0.3 is 0 Å².